The summed E-state index contributed by atoms with van der Waals surface area (Å²) in [6.45, 7) is 0.420. The summed E-state index contributed by atoms with van der Waals surface area (Å²) in [7, 11) is 6.10. The number of likely N-dealkylation sites (N-methyl/N-ethyl adjacent to an activating group) is 1. The predicted octanol–water partition coefficient (Wildman–Crippen LogP) is 2.93. The van der Waals surface area contributed by atoms with Gasteiger partial charge in [0, 0.05) is 17.1 Å². The zero-order valence-corrected chi connectivity index (χ0v) is 15.6. The van der Waals surface area contributed by atoms with Crippen LogP contribution in [0, 0.1) is 5.92 Å². The van der Waals surface area contributed by atoms with E-state index in [0.717, 1.165) is 17.9 Å². The molecular formula is C19H28ClN3O. The molecular weight excluding hydrogens is 322 g/mol. The van der Waals surface area contributed by atoms with Gasteiger partial charge in [0.05, 0.1) is 12.6 Å². The van der Waals surface area contributed by atoms with Gasteiger partial charge in [-0.15, -0.1) is 0 Å². The smallest absolute Gasteiger partial charge is 0.234 e. The van der Waals surface area contributed by atoms with Gasteiger partial charge in [-0.1, -0.05) is 23.7 Å². The maximum absolute atomic E-state index is 12.4. The van der Waals surface area contributed by atoms with Gasteiger partial charge in [0.1, 0.15) is 0 Å². The summed E-state index contributed by atoms with van der Waals surface area (Å²) in [4.78, 5) is 16.8. The van der Waals surface area contributed by atoms with Crippen molar-refractivity contribution in [2.75, 3.05) is 27.7 Å². The van der Waals surface area contributed by atoms with Crippen LogP contribution in [0.1, 0.15) is 37.3 Å². The van der Waals surface area contributed by atoms with E-state index in [1.165, 1.54) is 18.4 Å². The summed E-state index contributed by atoms with van der Waals surface area (Å²) in [5.41, 5.74) is 1.17. The van der Waals surface area contributed by atoms with E-state index in [2.05, 4.69) is 29.4 Å². The fraction of sp³-hybridized carbons (Fsp3) is 0.632. The van der Waals surface area contributed by atoms with Gasteiger partial charge in [-0.25, -0.2) is 0 Å². The summed E-state index contributed by atoms with van der Waals surface area (Å²) in [6.07, 6.45) is 4.89. The molecule has 0 spiro atoms. The van der Waals surface area contributed by atoms with Gasteiger partial charge in [0.2, 0.25) is 5.91 Å². The highest BCUT2D eigenvalue weighted by molar-refractivity contribution is 6.30. The minimum Gasteiger partial charge on any atom is -0.348 e. The molecule has 2 heterocycles. The molecule has 1 aromatic carbocycles. The van der Waals surface area contributed by atoms with Gasteiger partial charge in [-0.05, 0) is 70.4 Å². The first kappa shape index (κ1) is 17.7. The molecule has 0 aromatic heterocycles. The third-order valence-electron chi connectivity index (χ3n) is 5.61. The van der Waals surface area contributed by atoms with Crippen molar-refractivity contribution in [2.24, 2.45) is 5.92 Å². The Kier molecular flexibility index (Phi) is 5.48. The zero-order valence-electron chi connectivity index (χ0n) is 14.8. The number of carbonyl (C=O) groups is 1. The van der Waals surface area contributed by atoms with Gasteiger partial charge in [-0.2, -0.15) is 0 Å². The van der Waals surface area contributed by atoms with Crippen molar-refractivity contribution in [2.45, 2.75) is 43.8 Å². The predicted molar refractivity (Wildman–Crippen MR) is 98.2 cm³/mol. The van der Waals surface area contributed by atoms with E-state index in [1.807, 2.05) is 31.1 Å². The Balaban J connectivity index is 1.79. The Bertz CT molecular complexity index is 560. The maximum Gasteiger partial charge on any atom is 0.234 e. The Morgan fingerprint density at radius 1 is 1.25 bits per heavy atom. The number of fused-ring (bicyclic) bond motifs is 2. The van der Waals surface area contributed by atoms with Crippen molar-refractivity contribution in [1.29, 1.82) is 0 Å². The summed E-state index contributed by atoms with van der Waals surface area (Å²) >= 11 is 6.05. The minimum atomic E-state index is 0.0755. The molecule has 0 radical (unpaired) electrons. The minimum absolute atomic E-state index is 0.0755. The highest BCUT2D eigenvalue weighted by atomic mass is 35.5. The normalized spacial score (nSPS) is 28.1. The van der Waals surface area contributed by atoms with Gasteiger partial charge in [-0.3, -0.25) is 4.79 Å². The van der Waals surface area contributed by atoms with E-state index in [4.69, 9.17) is 11.6 Å². The maximum atomic E-state index is 12.4. The van der Waals surface area contributed by atoms with Gasteiger partial charge in [0.15, 0.2) is 0 Å². The van der Waals surface area contributed by atoms with Crippen molar-refractivity contribution < 1.29 is 4.79 Å². The van der Waals surface area contributed by atoms with Crippen LogP contribution < -0.4 is 5.32 Å². The van der Waals surface area contributed by atoms with Crippen LogP contribution in [0.5, 0.6) is 0 Å². The molecule has 1 N–H and O–H groups in total. The molecule has 1 aromatic rings. The van der Waals surface area contributed by atoms with Crippen LogP contribution in [0.2, 0.25) is 5.02 Å². The fourth-order valence-corrected chi connectivity index (χ4v) is 4.50. The average Bonchev–Trinajstić information content (AvgIpc) is 2.74. The number of nitrogens with one attached hydrogen (secondary N) is 1. The molecule has 2 bridgehead atoms. The summed E-state index contributed by atoms with van der Waals surface area (Å²) in [5, 5.41) is 4.03. The molecule has 4 nitrogen and oxygen atoms in total. The number of amides is 1. The molecule has 2 aliphatic heterocycles. The van der Waals surface area contributed by atoms with Crippen LogP contribution >= 0.6 is 11.6 Å². The van der Waals surface area contributed by atoms with Crippen LogP contribution in [0.25, 0.3) is 0 Å². The van der Waals surface area contributed by atoms with Crippen LogP contribution in [-0.4, -0.2) is 55.5 Å². The number of halogens is 1. The number of piperidine rings is 1. The highest BCUT2D eigenvalue weighted by Gasteiger charge is 2.41. The summed E-state index contributed by atoms with van der Waals surface area (Å²) in [5.74, 6) is 0.581. The molecule has 4 atom stereocenters. The van der Waals surface area contributed by atoms with E-state index in [0.29, 0.717) is 24.5 Å². The van der Waals surface area contributed by atoms with Gasteiger partial charge >= 0.3 is 0 Å². The third-order valence-corrected chi connectivity index (χ3v) is 5.86. The molecule has 2 aliphatic rings. The van der Waals surface area contributed by atoms with Crippen LogP contribution in [-0.2, 0) is 4.79 Å². The Morgan fingerprint density at radius 3 is 2.38 bits per heavy atom. The molecule has 1 amide bonds. The summed E-state index contributed by atoms with van der Waals surface area (Å²) < 4.78 is 0. The highest BCUT2D eigenvalue weighted by Crippen LogP contribution is 2.42. The van der Waals surface area contributed by atoms with Crippen molar-refractivity contribution in [3.8, 4) is 0 Å². The Morgan fingerprint density at radius 2 is 1.83 bits per heavy atom. The van der Waals surface area contributed by atoms with Crippen LogP contribution in [0.3, 0.4) is 0 Å². The number of carbonyl (C=O) groups excluding carboxylic acids is 1. The second-order valence-electron chi connectivity index (χ2n) is 7.62. The lowest BCUT2D eigenvalue weighted by molar-refractivity contribution is -0.123. The number of hydrogen-bond donors (Lipinski definition) is 1. The van der Waals surface area contributed by atoms with Crippen molar-refractivity contribution in [3.05, 3.63) is 34.9 Å². The first-order chi connectivity index (χ1) is 11.4. The molecule has 3 rings (SSSR count). The van der Waals surface area contributed by atoms with Crippen LogP contribution in [0.15, 0.2) is 24.3 Å². The van der Waals surface area contributed by atoms with Crippen LogP contribution in [0.4, 0.5) is 0 Å². The Hall–Kier alpha value is -1.10. The zero-order chi connectivity index (χ0) is 17.3. The second kappa shape index (κ2) is 7.42. The SMILES string of the molecule is CN(C)CC(=O)N[C@@H](c1ccc(Cl)cc1)C1C[C@H]2CC[C@@H](C1)N2C. The molecule has 0 aliphatic carbocycles. The number of hydrogen-bond acceptors (Lipinski definition) is 3. The first-order valence-corrected chi connectivity index (χ1v) is 9.23. The number of benzene rings is 1. The van der Waals surface area contributed by atoms with Gasteiger partial charge in [0.25, 0.3) is 0 Å². The lowest BCUT2D eigenvalue weighted by Crippen LogP contribution is -2.46. The lowest BCUT2D eigenvalue weighted by atomic mass is 9.82. The van der Waals surface area contributed by atoms with Crippen molar-refractivity contribution in [3.63, 3.8) is 0 Å². The quantitative estimate of drug-likeness (QED) is 0.887. The van der Waals surface area contributed by atoms with E-state index in [9.17, 15) is 4.79 Å². The topological polar surface area (TPSA) is 35.6 Å². The first-order valence-electron chi connectivity index (χ1n) is 8.85. The van der Waals surface area contributed by atoms with Crippen molar-refractivity contribution in [1.82, 2.24) is 15.1 Å². The molecule has 24 heavy (non-hydrogen) atoms. The fourth-order valence-electron chi connectivity index (χ4n) is 4.38. The number of nitrogens with zero attached hydrogens (tertiary/aromatic N) is 2. The number of rotatable bonds is 5. The van der Waals surface area contributed by atoms with E-state index in [1.54, 1.807) is 0 Å². The van der Waals surface area contributed by atoms with Gasteiger partial charge < -0.3 is 15.1 Å². The van der Waals surface area contributed by atoms with E-state index < -0.39 is 0 Å². The largest absolute Gasteiger partial charge is 0.348 e. The average molecular weight is 350 g/mol. The molecule has 0 saturated carbocycles. The summed E-state index contributed by atoms with van der Waals surface area (Å²) in [6, 6.07) is 9.36. The molecule has 1 unspecified atom stereocenters. The molecule has 132 valence electrons. The monoisotopic (exact) mass is 349 g/mol. The van der Waals surface area contributed by atoms with E-state index in [-0.39, 0.29) is 11.9 Å². The standard InChI is InChI=1S/C19H28ClN3O/c1-22(2)12-18(24)21-19(13-4-6-15(20)7-5-13)14-10-16-8-9-17(11-14)23(16)3/h4-7,14,16-17,19H,8-12H2,1-3H3,(H,21,24)/t14?,16-,17+,19-/m0/s1. The van der Waals surface area contributed by atoms with Crippen molar-refractivity contribution >= 4 is 17.5 Å². The Labute approximate surface area is 150 Å². The molecule has 5 heteroatoms. The third kappa shape index (κ3) is 3.93. The molecule has 2 fully saturated rings. The van der Waals surface area contributed by atoms with E-state index >= 15 is 0 Å². The lowest BCUT2D eigenvalue weighted by Gasteiger charge is -2.40. The second-order valence-corrected chi connectivity index (χ2v) is 8.05. The molecule has 2 saturated heterocycles.